The Bertz CT molecular complexity index is 551. The molecule has 1 heterocycles. The van der Waals surface area contributed by atoms with Gasteiger partial charge in [-0.3, -0.25) is 4.98 Å². The Morgan fingerprint density at radius 2 is 2.22 bits per heavy atom. The maximum atomic E-state index is 4.16. The zero-order valence-electron chi connectivity index (χ0n) is 10.5. The quantitative estimate of drug-likeness (QED) is 0.808. The smallest absolute Gasteiger partial charge is 0.0346 e. The van der Waals surface area contributed by atoms with Gasteiger partial charge in [0.2, 0.25) is 0 Å². The van der Waals surface area contributed by atoms with Crippen LogP contribution in [0.3, 0.4) is 0 Å². The van der Waals surface area contributed by atoms with Crippen LogP contribution >= 0.6 is 0 Å². The first kappa shape index (κ1) is 11.4. The fourth-order valence-corrected chi connectivity index (χ4v) is 2.16. The molecule has 1 aliphatic carbocycles. The molecule has 0 saturated heterocycles. The molecule has 0 atom stereocenters. The molecule has 0 spiro atoms. The second-order valence-electron chi connectivity index (χ2n) is 4.86. The van der Waals surface area contributed by atoms with Gasteiger partial charge in [0.05, 0.1) is 0 Å². The van der Waals surface area contributed by atoms with E-state index in [1.54, 1.807) is 0 Å². The van der Waals surface area contributed by atoms with Crippen molar-refractivity contribution in [2.24, 2.45) is 0 Å². The van der Waals surface area contributed by atoms with E-state index in [4.69, 9.17) is 0 Å². The third kappa shape index (κ3) is 2.77. The van der Waals surface area contributed by atoms with Gasteiger partial charge in [-0.1, -0.05) is 30.4 Å². The summed E-state index contributed by atoms with van der Waals surface area (Å²) < 4.78 is 0. The van der Waals surface area contributed by atoms with Crippen LogP contribution in [0, 0.1) is 0 Å². The molecule has 1 saturated carbocycles. The summed E-state index contributed by atoms with van der Waals surface area (Å²) in [5.74, 6) is 0. The van der Waals surface area contributed by atoms with Crippen LogP contribution in [0.1, 0.15) is 24.8 Å². The zero-order valence-corrected chi connectivity index (χ0v) is 10.5. The van der Waals surface area contributed by atoms with E-state index < -0.39 is 0 Å². The van der Waals surface area contributed by atoms with Crippen LogP contribution in [0.15, 0.2) is 42.7 Å². The number of benzene rings is 1. The summed E-state index contributed by atoms with van der Waals surface area (Å²) in [6.45, 7) is 1.09. The Hall–Kier alpha value is -1.67. The molecule has 0 radical (unpaired) electrons. The molecular weight excluding hydrogens is 220 g/mol. The zero-order chi connectivity index (χ0) is 12.2. The number of fused-ring (bicyclic) bond motifs is 1. The van der Waals surface area contributed by atoms with Gasteiger partial charge in [-0.15, -0.1) is 0 Å². The highest BCUT2D eigenvalue weighted by Crippen LogP contribution is 2.19. The normalized spacial score (nSPS) is 15.6. The summed E-state index contributed by atoms with van der Waals surface area (Å²) in [7, 11) is 0. The summed E-state index contributed by atoms with van der Waals surface area (Å²) >= 11 is 0. The van der Waals surface area contributed by atoms with E-state index in [1.165, 1.54) is 29.2 Å². The van der Waals surface area contributed by atoms with Gasteiger partial charge in [0, 0.05) is 23.8 Å². The average Bonchev–Trinajstić information content (AvgIpc) is 3.23. The van der Waals surface area contributed by atoms with Gasteiger partial charge < -0.3 is 5.32 Å². The van der Waals surface area contributed by atoms with Crippen LogP contribution in [-0.4, -0.2) is 17.6 Å². The molecule has 0 unspecified atom stereocenters. The Kier molecular flexibility index (Phi) is 3.37. The van der Waals surface area contributed by atoms with Crippen LogP contribution in [-0.2, 0) is 0 Å². The van der Waals surface area contributed by atoms with Gasteiger partial charge in [0.15, 0.2) is 0 Å². The number of nitrogens with zero attached hydrogens (tertiary/aromatic N) is 1. The summed E-state index contributed by atoms with van der Waals surface area (Å²) in [6.07, 6.45) is 12.1. The fraction of sp³-hybridized carbons (Fsp3) is 0.312. The van der Waals surface area contributed by atoms with E-state index in [1.807, 2.05) is 12.4 Å². The number of rotatable bonds is 5. The standard InChI is InChI=1S/C16H18N2/c1(2-10-18-15-7-8-15)4-13-5-3-6-14-12-17-11-9-16(13)14/h1,3-6,9,11-12,15,18H,2,7-8,10H2. The molecule has 2 nitrogen and oxygen atoms in total. The van der Waals surface area contributed by atoms with Gasteiger partial charge in [-0.2, -0.15) is 0 Å². The topological polar surface area (TPSA) is 24.9 Å². The summed E-state index contributed by atoms with van der Waals surface area (Å²) in [4.78, 5) is 4.16. The van der Waals surface area contributed by atoms with Gasteiger partial charge in [0.1, 0.15) is 0 Å². The van der Waals surface area contributed by atoms with Crippen LogP contribution in [0.5, 0.6) is 0 Å². The van der Waals surface area contributed by atoms with Crippen molar-refractivity contribution in [3.63, 3.8) is 0 Å². The molecule has 1 N–H and O–H groups in total. The van der Waals surface area contributed by atoms with Gasteiger partial charge >= 0.3 is 0 Å². The molecule has 0 aliphatic heterocycles. The number of aromatic nitrogens is 1. The molecule has 1 fully saturated rings. The van der Waals surface area contributed by atoms with Crippen molar-refractivity contribution >= 4 is 16.8 Å². The minimum atomic E-state index is 0.807. The second kappa shape index (κ2) is 5.32. The molecule has 2 aromatic rings. The van der Waals surface area contributed by atoms with E-state index in [-0.39, 0.29) is 0 Å². The van der Waals surface area contributed by atoms with Crippen molar-refractivity contribution in [2.45, 2.75) is 25.3 Å². The predicted octanol–water partition coefficient (Wildman–Crippen LogP) is 3.39. The van der Waals surface area contributed by atoms with E-state index >= 15 is 0 Å². The summed E-state index contributed by atoms with van der Waals surface area (Å²) in [5, 5.41) is 6.00. The van der Waals surface area contributed by atoms with Gasteiger partial charge in [-0.05, 0) is 42.8 Å². The fourth-order valence-electron chi connectivity index (χ4n) is 2.16. The molecule has 3 rings (SSSR count). The van der Waals surface area contributed by atoms with Crippen molar-refractivity contribution < 1.29 is 0 Å². The third-order valence-corrected chi connectivity index (χ3v) is 3.33. The Labute approximate surface area is 108 Å². The highest BCUT2D eigenvalue weighted by atomic mass is 14.9. The average molecular weight is 238 g/mol. The Morgan fingerprint density at radius 3 is 3.11 bits per heavy atom. The monoisotopic (exact) mass is 238 g/mol. The first-order valence-electron chi connectivity index (χ1n) is 6.66. The lowest BCUT2D eigenvalue weighted by Crippen LogP contribution is -2.16. The molecule has 2 heteroatoms. The maximum absolute atomic E-state index is 4.16. The van der Waals surface area contributed by atoms with Crippen molar-refractivity contribution in [1.29, 1.82) is 0 Å². The largest absolute Gasteiger partial charge is 0.314 e. The molecule has 0 bridgehead atoms. The molecule has 92 valence electrons. The first-order chi connectivity index (χ1) is 8.93. The van der Waals surface area contributed by atoms with Crippen molar-refractivity contribution in [2.75, 3.05) is 6.54 Å². The Morgan fingerprint density at radius 1 is 1.28 bits per heavy atom. The van der Waals surface area contributed by atoms with Crippen LogP contribution in [0.2, 0.25) is 0 Å². The number of hydrogen-bond donors (Lipinski definition) is 1. The first-order valence-corrected chi connectivity index (χ1v) is 6.66. The number of pyridine rings is 1. The van der Waals surface area contributed by atoms with Crippen molar-refractivity contribution in [3.05, 3.63) is 48.3 Å². The minimum Gasteiger partial charge on any atom is -0.314 e. The van der Waals surface area contributed by atoms with Crippen LogP contribution in [0.4, 0.5) is 0 Å². The molecule has 18 heavy (non-hydrogen) atoms. The van der Waals surface area contributed by atoms with Crippen molar-refractivity contribution in [1.82, 2.24) is 10.3 Å². The second-order valence-corrected chi connectivity index (χ2v) is 4.86. The minimum absolute atomic E-state index is 0.807. The number of nitrogens with one attached hydrogen (secondary N) is 1. The van der Waals surface area contributed by atoms with Crippen LogP contribution in [0.25, 0.3) is 16.8 Å². The van der Waals surface area contributed by atoms with E-state index in [2.05, 4.69) is 46.7 Å². The third-order valence-electron chi connectivity index (χ3n) is 3.33. The summed E-state index contributed by atoms with van der Waals surface area (Å²) in [5.41, 5.74) is 1.28. The lowest BCUT2D eigenvalue weighted by atomic mass is 10.1. The molecule has 0 amide bonds. The van der Waals surface area contributed by atoms with Gasteiger partial charge in [0.25, 0.3) is 0 Å². The van der Waals surface area contributed by atoms with Gasteiger partial charge in [-0.25, -0.2) is 0 Å². The molecular formula is C16H18N2. The lowest BCUT2D eigenvalue weighted by molar-refractivity contribution is 0.691. The van der Waals surface area contributed by atoms with E-state index in [9.17, 15) is 0 Å². The van der Waals surface area contributed by atoms with E-state index in [0.29, 0.717) is 0 Å². The van der Waals surface area contributed by atoms with Crippen molar-refractivity contribution in [3.8, 4) is 0 Å². The number of hydrogen-bond acceptors (Lipinski definition) is 2. The molecule has 1 aromatic carbocycles. The maximum Gasteiger partial charge on any atom is 0.0346 e. The van der Waals surface area contributed by atoms with E-state index in [0.717, 1.165) is 19.0 Å². The highest BCUT2D eigenvalue weighted by Gasteiger charge is 2.19. The lowest BCUT2D eigenvalue weighted by Gasteiger charge is -2.01. The molecule has 1 aromatic heterocycles. The highest BCUT2D eigenvalue weighted by molar-refractivity contribution is 5.89. The Balaban J connectivity index is 1.67. The molecule has 1 aliphatic rings. The van der Waals surface area contributed by atoms with Crippen LogP contribution < -0.4 is 5.32 Å². The SMILES string of the molecule is C(=Cc1cccc2cnccc12)CCNC1CC1. The predicted molar refractivity (Wildman–Crippen MR) is 76.4 cm³/mol. The summed E-state index contributed by atoms with van der Waals surface area (Å²) in [6, 6.07) is 9.24.